The molecule has 1 aromatic carbocycles. The highest BCUT2D eigenvalue weighted by Crippen LogP contribution is 2.34. The van der Waals surface area contributed by atoms with Gasteiger partial charge in [0, 0.05) is 19.2 Å². The van der Waals surface area contributed by atoms with Gasteiger partial charge in [-0.2, -0.15) is 4.98 Å². The summed E-state index contributed by atoms with van der Waals surface area (Å²) in [5.41, 5.74) is 0.949. The standard InChI is InChI=1S/C15H19FN2O3S/c1-3-15(4-2)10-18(7-8-22(15,19)20)14-17-12-9-11(16)5-6-13(12)21-14/h5-6,9H,3-4,7-8,10H2,1-2H3. The van der Waals surface area contributed by atoms with E-state index in [-0.39, 0.29) is 11.6 Å². The number of nitrogens with zero attached hydrogens (tertiary/aromatic N) is 2. The maximum atomic E-state index is 13.2. The van der Waals surface area contributed by atoms with Crippen molar-refractivity contribution in [2.75, 3.05) is 23.7 Å². The number of anilines is 1. The van der Waals surface area contributed by atoms with Crippen LogP contribution in [0.25, 0.3) is 11.1 Å². The molecule has 3 rings (SSSR count). The molecule has 0 bridgehead atoms. The van der Waals surface area contributed by atoms with Gasteiger partial charge in [0.2, 0.25) is 0 Å². The zero-order valence-corrected chi connectivity index (χ0v) is 13.5. The average Bonchev–Trinajstić information content (AvgIpc) is 2.90. The number of halogens is 1. The van der Waals surface area contributed by atoms with E-state index in [1.807, 2.05) is 18.7 Å². The Bertz CT molecular complexity index is 796. The SMILES string of the molecule is CCC1(CC)CN(c2nc3cc(F)ccc3o2)CCS1(=O)=O. The Kier molecular flexibility index (Phi) is 3.63. The van der Waals surface area contributed by atoms with Crippen LogP contribution in [0.2, 0.25) is 0 Å². The van der Waals surface area contributed by atoms with Crippen LogP contribution in [-0.2, 0) is 9.84 Å². The summed E-state index contributed by atoms with van der Waals surface area (Å²) in [6.07, 6.45) is 1.11. The van der Waals surface area contributed by atoms with E-state index in [2.05, 4.69) is 4.98 Å². The molecule has 7 heteroatoms. The van der Waals surface area contributed by atoms with Crippen molar-refractivity contribution in [1.29, 1.82) is 0 Å². The van der Waals surface area contributed by atoms with Crippen LogP contribution in [0.15, 0.2) is 22.6 Å². The van der Waals surface area contributed by atoms with E-state index >= 15 is 0 Å². The van der Waals surface area contributed by atoms with Gasteiger partial charge in [0.05, 0.1) is 10.5 Å². The lowest BCUT2D eigenvalue weighted by molar-refractivity contribution is 0.442. The molecule has 5 nitrogen and oxygen atoms in total. The smallest absolute Gasteiger partial charge is 0.298 e. The van der Waals surface area contributed by atoms with Crippen molar-refractivity contribution in [2.45, 2.75) is 31.4 Å². The first-order valence-electron chi connectivity index (χ1n) is 7.44. The van der Waals surface area contributed by atoms with Gasteiger partial charge in [0.15, 0.2) is 15.4 Å². The van der Waals surface area contributed by atoms with E-state index in [0.29, 0.717) is 43.0 Å². The monoisotopic (exact) mass is 326 g/mol. The maximum Gasteiger partial charge on any atom is 0.298 e. The fourth-order valence-corrected chi connectivity index (χ4v) is 5.20. The maximum absolute atomic E-state index is 13.2. The zero-order chi connectivity index (χ0) is 16.0. The molecular weight excluding hydrogens is 307 g/mol. The molecule has 1 aliphatic heterocycles. The van der Waals surface area contributed by atoms with E-state index in [0.717, 1.165) is 0 Å². The molecule has 0 saturated carbocycles. The minimum atomic E-state index is -3.13. The molecule has 1 aliphatic rings. The van der Waals surface area contributed by atoms with Crippen molar-refractivity contribution in [2.24, 2.45) is 0 Å². The Balaban J connectivity index is 1.97. The van der Waals surface area contributed by atoms with Crippen LogP contribution in [0.3, 0.4) is 0 Å². The van der Waals surface area contributed by atoms with Crippen molar-refractivity contribution < 1.29 is 17.2 Å². The molecule has 2 heterocycles. The molecular formula is C15H19FN2O3S. The number of benzene rings is 1. The second kappa shape index (κ2) is 5.22. The summed E-state index contributed by atoms with van der Waals surface area (Å²) in [6, 6.07) is 4.53. The van der Waals surface area contributed by atoms with Gasteiger partial charge in [-0.25, -0.2) is 12.8 Å². The Morgan fingerprint density at radius 2 is 2.09 bits per heavy atom. The summed E-state index contributed by atoms with van der Waals surface area (Å²) >= 11 is 0. The van der Waals surface area contributed by atoms with Crippen molar-refractivity contribution in [3.05, 3.63) is 24.0 Å². The van der Waals surface area contributed by atoms with E-state index < -0.39 is 14.6 Å². The van der Waals surface area contributed by atoms with Gasteiger partial charge in [0.1, 0.15) is 11.3 Å². The molecule has 0 spiro atoms. The molecule has 0 N–H and O–H groups in total. The topological polar surface area (TPSA) is 63.4 Å². The number of rotatable bonds is 3. The van der Waals surface area contributed by atoms with Gasteiger partial charge >= 0.3 is 0 Å². The van der Waals surface area contributed by atoms with Gasteiger partial charge in [-0.1, -0.05) is 13.8 Å². The molecule has 0 radical (unpaired) electrons. The van der Waals surface area contributed by atoms with Gasteiger partial charge in [-0.05, 0) is 25.0 Å². The van der Waals surface area contributed by atoms with Crippen LogP contribution in [0.1, 0.15) is 26.7 Å². The quantitative estimate of drug-likeness (QED) is 0.868. The lowest BCUT2D eigenvalue weighted by Gasteiger charge is -2.40. The predicted octanol–water partition coefficient (Wildman–Crippen LogP) is 2.76. The van der Waals surface area contributed by atoms with Crippen LogP contribution < -0.4 is 4.90 Å². The molecule has 1 aromatic heterocycles. The van der Waals surface area contributed by atoms with Crippen LogP contribution in [-0.4, -0.2) is 37.0 Å². The van der Waals surface area contributed by atoms with Crippen molar-refractivity contribution in [1.82, 2.24) is 4.98 Å². The van der Waals surface area contributed by atoms with E-state index in [9.17, 15) is 12.8 Å². The summed E-state index contributed by atoms with van der Waals surface area (Å²) in [4.78, 5) is 6.16. The lowest BCUT2D eigenvalue weighted by Crippen LogP contribution is -2.56. The minimum Gasteiger partial charge on any atom is -0.423 e. The zero-order valence-electron chi connectivity index (χ0n) is 12.7. The van der Waals surface area contributed by atoms with Gasteiger partial charge < -0.3 is 9.32 Å². The minimum absolute atomic E-state index is 0.0851. The molecule has 1 fully saturated rings. The second-order valence-electron chi connectivity index (χ2n) is 5.74. The third kappa shape index (κ3) is 2.27. The summed E-state index contributed by atoms with van der Waals surface area (Å²) < 4.78 is 43.0. The summed E-state index contributed by atoms with van der Waals surface area (Å²) in [6.45, 7) is 4.50. The molecule has 0 aliphatic carbocycles. The Hall–Kier alpha value is -1.63. The molecule has 0 atom stereocenters. The summed E-state index contributed by atoms with van der Waals surface area (Å²) in [7, 11) is -3.13. The number of hydrogen-bond donors (Lipinski definition) is 0. The third-order valence-corrected chi connectivity index (χ3v) is 7.41. The van der Waals surface area contributed by atoms with Gasteiger partial charge in [0.25, 0.3) is 6.01 Å². The highest BCUT2D eigenvalue weighted by Gasteiger charge is 2.46. The Labute approximate surface area is 129 Å². The molecule has 1 saturated heterocycles. The molecule has 22 heavy (non-hydrogen) atoms. The fourth-order valence-electron chi connectivity index (χ4n) is 3.07. The van der Waals surface area contributed by atoms with E-state index in [1.165, 1.54) is 18.2 Å². The van der Waals surface area contributed by atoms with Crippen LogP contribution >= 0.6 is 0 Å². The number of sulfone groups is 1. The van der Waals surface area contributed by atoms with Crippen LogP contribution in [0, 0.1) is 5.82 Å². The number of oxazole rings is 1. The highest BCUT2D eigenvalue weighted by atomic mass is 32.2. The Morgan fingerprint density at radius 3 is 2.77 bits per heavy atom. The van der Waals surface area contributed by atoms with Gasteiger partial charge in [-0.3, -0.25) is 0 Å². The van der Waals surface area contributed by atoms with Crippen molar-refractivity contribution in [3.63, 3.8) is 0 Å². The first-order valence-corrected chi connectivity index (χ1v) is 9.09. The molecule has 0 unspecified atom stereocenters. The largest absolute Gasteiger partial charge is 0.423 e. The fraction of sp³-hybridized carbons (Fsp3) is 0.533. The first kappa shape index (κ1) is 15.3. The summed E-state index contributed by atoms with van der Waals surface area (Å²) in [5, 5.41) is 0. The van der Waals surface area contributed by atoms with Crippen LogP contribution in [0.4, 0.5) is 10.4 Å². The molecule has 0 amide bonds. The van der Waals surface area contributed by atoms with Gasteiger partial charge in [-0.15, -0.1) is 0 Å². The number of fused-ring (bicyclic) bond motifs is 1. The van der Waals surface area contributed by atoms with Crippen molar-refractivity contribution >= 4 is 27.0 Å². The van der Waals surface area contributed by atoms with Crippen molar-refractivity contribution in [3.8, 4) is 0 Å². The average molecular weight is 326 g/mol. The Morgan fingerprint density at radius 1 is 1.36 bits per heavy atom. The molecule has 2 aromatic rings. The van der Waals surface area contributed by atoms with E-state index in [4.69, 9.17) is 4.42 Å². The van der Waals surface area contributed by atoms with Crippen LogP contribution in [0.5, 0.6) is 0 Å². The molecule has 120 valence electrons. The van der Waals surface area contributed by atoms with E-state index in [1.54, 1.807) is 0 Å². The number of aromatic nitrogens is 1. The third-order valence-electron chi connectivity index (χ3n) is 4.67. The highest BCUT2D eigenvalue weighted by molar-refractivity contribution is 7.92. The lowest BCUT2D eigenvalue weighted by atomic mass is 10.0. The normalized spacial score (nSPS) is 20.4. The first-order chi connectivity index (χ1) is 10.4. The predicted molar refractivity (Wildman–Crippen MR) is 83.3 cm³/mol. The second-order valence-corrected chi connectivity index (χ2v) is 8.24. The summed E-state index contributed by atoms with van der Waals surface area (Å²) in [5.74, 6) is -0.285. The number of hydrogen-bond acceptors (Lipinski definition) is 5.